The van der Waals surface area contributed by atoms with E-state index in [0.29, 0.717) is 30.5 Å². The van der Waals surface area contributed by atoms with Crippen LogP contribution in [0, 0.1) is 0 Å². The number of anilines is 1. The highest BCUT2D eigenvalue weighted by molar-refractivity contribution is 6.37. The van der Waals surface area contributed by atoms with Gasteiger partial charge in [-0.2, -0.15) is 10.1 Å². The molecule has 1 aliphatic heterocycles. The molecule has 25 heavy (non-hydrogen) atoms. The summed E-state index contributed by atoms with van der Waals surface area (Å²) in [4.78, 5) is 16.7. The Balaban J connectivity index is 1.94. The lowest BCUT2D eigenvalue weighted by Crippen LogP contribution is -2.20. The van der Waals surface area contributed by atoms with E-state index in [1.54, 1.807) is 11.9 Å². The van der Waals surface area contributed by atoms with E-state index in [0.717, 1.165) is 5.69 Å². The number of hydrazone groups is 1. The van der Waals surface area contributed by atoms with Crippen LogP contribution in [0.1, 0.15) is 51.9 Å². The van der Waals surface area contributed by atoms with Crippen molar-refractivity contribution in [2.24, 2.45) is 5.10 Å². The Morgan fingerprint density at radius 3 is 2.64 bits per heavy atom. The maximum Gasteiger partial charge on any atom is 0.354 e. The second-order valence-electron chi connectivity index (χ2n) is 6.87. The molecule has 0 aliphatic carbocycles. The number of para-hydroxylation sites is 1. The van der Waals surface area contributed by atoms with E-state index >= 15 is 0 Å². The van der Waals surface area contributed by atoms with Gasteiger partial charge in [0.05, 0.1) is 12.3 Å². The van der Waals surface area contributed by atoms with Crippen molar-refractivity contribution >= 4 is 17.4 Å². The van der Waals surface area contributed by atoms with E-state index in [2.05, 4.69) is 15.2 Å². The third-order valence-electron chi connectivity index (χ3n) is 3.84. The lowest BCUT2D eigenvalue weighted by Gasteiger charge is -2.20. The van der Waals surface area contributed by atoms with Gasteiger partial charge in [0, 0.05) is 11.8 Å². The van der Waals surface area contributed by atoms with E-state index in [4.69, 9.17) is 9.26 Å². The average molecular weight is 342 g/mol. The van der Waals surface area contributed by atoms with Crippen LogP contribution in [-0.4, -0.2) is 28.4 Å². The first kappa shape index (κ1) is 17.1. The molecule has 132 valence electrons. The molecule has 2 heterocycles. The molecule has 0 fully saturated rings. The Bertz CT molecular complexity index is 777. The maximum absolute atomic E-state index is 12.1. The fourth-order valence-electron chi connectivity index (χ4n) is 2.53. The van der Waals surface area contributed by atoms with Crippen molar-refractivity contribution in [2.75, 3.05) is 11.6 Å². The van der Waals surface area contributed by atoms with Gasteiger partial charge >= 0.3 is 5.97 Å². The monoisotopic (exact) mass is 342 g/mol. The number of benzene rings is 1. The van der Waals surface area contributed by atoms with Crippen LogP contribution in [0.3, 0.4) is 0 Å². The third-order valence-corrected chi connectivity index (χ3v) is 3.84. The van der Waals surface area contributed by atoms with Crippen LogP contribution in [0.25, 0.3) is 0 Å². The van der Waals surface area contributed by atoms with Crippen LogP contribution < -0.4 is 5.01 Å². The quantitative estimate of drug-likeness (QED) is 0.794. The molecule has 1 aliphatic rings. The predicted octanol–water partition coefficient (Wildman–Crippen LogP) is 3.24. The number of rotatable bonds is 4. The van der Waals surface area contributed by atoms with E-state index in [-0.39, 0.29) is 11.5 Å². The Hall–Kier alpha value is -2.70. The van der Waals surface area contributed by atoms with Gasteiger partial charge in [0.15, 0.2) is 5.82 Å². The van der Waals surface area contributed by atoms with Crippen molar-refractivity contribution in [3.63, 3.8) is 0 Å². The second kappa shape index (κ2) is 6.66. The largest absolute Gasteiger partial charge is 0.461 e. The number of ether oxygens (including phenoxy) is 1. The van der Waals surface area contributed by atoms with Gasteiger partial charge in [-0.05, 0) is 19.1 Å². The fourth-order valence-corrected chi connectivity index (χ4v) is 2.53. The highest BCUT2D eigenvalue weighted by atomic mass is 16.5. The van der Waals surface area contributed by atoms with E-state index < -0.39 is 5.97 Å². The fraction of sp³-hybridized carbons (Fsp3) is 0.444. The molecule has 1 aromatic carbocycles. The molecule has 7 nitrogen and oxygen atoms in total. The van der Waals surface area contributed by atoms with E-state index in [9.17, 15) is 4.79 Å². The number of carbonyl (C=O) groups is 1. The van der Waals surface area contributed by atoms with Crippen molar-refractivity contribution in [2.45, 2.75) is 45.6 Å². The summed E-state index contributed by atoms with van der Waals surface area (Å²) in [7, 11) is 0. The number of nitrogens with zero attached hydrogens (tertiary/aromatic N) is 4. The summed E-state index contributed by atoms with van der Waals surface area (Å²) in [6.07, 6.45) is 0.361. The molecule has 0 amide bonds. The molecular formula is C18H22N4O3. The van der Waals surface area contributed by atoms with Crippen molar-refractivity contribution in [3.05, 3.63) is 42.0 Å². The number of esters is 1. The minimum atomic E-state index is -0.415. The minimum Gasteiger partial charge on any atom is -0.461 e. The van der Waals surface area contributed by atoms with Crippen LogP contribution in [0.5, 0.6) is 0 Å². The van der Waals surface area contributed by atoms with Gasteiger partial charge in [0.25, 0.3) is 5.89 Å². The summed E-state index contributed by atoms with van der Waals surface area (Å²) in [5.74, 6) is 0.651. The molecule has 7 heteroatoms. The molecule has 0 saturated carbocycles. The van der Waals surface area contributed by atoms with Crippen LogP contribution in [0.4, 0.5) is 5.69 Å². The molecule has 0 saturated heterocycles. The Morgan fingerprint density at radius 2 is 2.04 bits per heavy atom. The molecule has 0 bridgehead atoms. The maximum atomic E-state index is 12.1. The topological polar surface area (TPSA) is 80.8 Å². The minimum absolute atomic E-state index is 0.219. The molecule has 0 spiro atoms. The van der Waals surface area contributed by atoms with Crippen LogP contribution in [-0.2, 0) is 14.9 Å². The SMILES string of the molecule is CCOC(=O)C1=NN(c2ccccc2)C(c2nc(C(C)(C)C)no2)C1. The highest BCUT2D eigenvalue weighted by Gasteiger charge is 2.37. The number of hydrogen-bond donors (Lipinski definition) is 0. The Kier molecular flexibility index (Phi) is 4.57. The van der Waals surface area contributed by atoms with Crippen molar-refractivity contribution < 1.29 is 14.1 Å². The summed E-state index contributed by atoms with van der Waals surface area (Å²) in [5.41, 5.74) is 0.983. The Labute approximate surface area is 146 Å². The van der Waals surface area contributed by atoms with E-state index in [1.165, 1.54) is 0 Å². The molecule has 0 radical (unpaired) electrons. The average Bonchev–Trinajstić information content (AvgIpc) is 3.22. The zero-order chi connectivity index (χ0) is 18.0. The third kappa shape index (κ3) is 3.55. The van der Waals surface area contributed by atoms with Crippen LogP contribution >= 0.6 is 0 Å². The molecule has 1 aromatic heterocycles. The smallest absolute Gasteiger partial charge is 0.354 e. The number of carbonyl (C=O) groups excluding carboxylic acids is 1. The zero-order valence-electron chi connectivity index (χ0n) is 14.9. The number of hydrogen-bond acceptors (Lipinski definition) is 7. The molecule has 0 N–H and O–H groups in total. The zero-order valence-corrected chi connectivity index (χ0v) is 14.9. The van der Waals surface area contributed by atoms with Gasteiger partial charge in [-0.3, -0.25) is 5.01 Å². The molecule has 2 aromatic rings. The van der Waals surface area contributed by atoms with Crippen LogP contribution in [0.15, 0.2) is 40.0 Å². The molecule has 1 unspecified atom stereocenters. The summed E-state index contributed by atoms with van der Waals surface area (Å²) in [6.45, 7) is 8.14. The van der Waals surface area contributed by atoms with Gasteiger partial charge in [-0.25, -0.2) is 4.79 Å². The first-order valence-electron chi connectivity index (χ1n) is 8.33. The Morgan fingerprint density at radius 1 is 1.32 bits per heavy atom. The summed E-state index contributed by atoms with van der Waals surface area (Å²) < 4.78 is 10.6. The second-order valence-corrected chi connectivity index (χ2v) is 6.87. The van der Waals surface area contributed by atoms with Gasteiger partial charge in [-0.1, -0.05) is 44.1 Å². The predicted molar refractivity (Wildman–Crippen MR) is 93.3 cm³/mol. The molecular weight excluding hydrogens is 320 g/mol. The van der Waals surface area contributed by atoms with Crippen molar-refractivity contribution in [3.8, 4) is 0 Å². The molecule has 3 rings (SSSR count). The standard InChI is InChI=1S/C18H22N4O3/c1-5-24-16(23)13-11-14(15-19-17(21-25-15)18(2,3)4)22(20-13)12-9-7-6-8-10-12/h6-10,14H,5,11H2,1-4H3. The normalized spacial score (nSPS) is 17.5. The van der Waals surface area contributed by atoms with Gasteiger partial charge in [-0.15, -0.1) is 0 Å². The van der Waals surface area contributed by atoms with Gasteiger partial charge in [0.1, 0.15) is 11.8 Å². The van der Waals surface area contributed by atoms with Crippen molar-refractivity contribution in [1.82, 2.24) is 10.1 Å². The van der Waals surface area contributed by atoms with Gasteiger partial charge in [0.2, 0.25) is 0 Å². The number of aromatic nitrogens is 2. The van der Waals surface area contributed by atoms with Crippen LogP contribution in [0.2, 0.25) is 0 Å². The highest BCUT2D eigenvalue weighted by Crippen LogP contribution is 2.35. The lowest BCUT2D eigenvalue weighted by atomic mass is 9.96. The summed E-state index contributed by atoms with van der Waals surface area (Å²) >= 11 is 0. The molecule has 1 atom stereocenters. The summed E-state index contributed by atoms with van der Waals surface area (Å²) in [6, 6.07) is 9.27. The van der Waals surface area contributed by atoms with E-state index in [1.807, 2.05) is 51.1 Å². The van der Waals surface area contributed by atoms with Crippen molar-refractivity contribution in [1.29, 1.82) is 0 Å². The first-order chi connectivity index (χ1) is 11.9. The van der Waals surface area contributed by atoms with Gasteiger partial charge < -0.3 is 9.26 Å². The first-order valence-corrected chi connectivity index (χ1v) is 8.33. The lowest BCUT2D eigenvalue weighted by molar-refractivity contribution is -0.135. The summed E-state index contributed by atoms with van der Waals surface area (Å²) in [5, 5.41) is 10.3.